The molecule has 0 saturated heterocycles. The van der Waals surface area contributed by atoms with Crippen molar-refractivity contribution in [3.63, 3.8) is 0 Å². The minimum absolute atomic E-state index is 0.0210. The molecule has 0 atom stereocenters. The summed E-state index contributed by atoms with van der Waals surface area (Å²) < 4.78 is 6.32. The molecule has 4 aromatic rings. The van der Waals surface area contributed by atoms with Gasteiger partial charge in [-0.05, 0) is 41.6 Å². The lowest BCUT2D eigenvalue weighted by molar-refractivity contribution is -0.118. The largest absolute Gasteiger partial charge is 0.494 e. The Morgan fingerprint density at radius 3 is 2.55 bits per heavy atom. The molecule has 1 amide bonds. The molecule has 0 bridgehead atoms. The van der Waals surface area contributed by atoms with Gasteiger partial charge in [0.15, 0.2) is 5.13 Å². The molecule has 0 spiro atoms. The number of carbonyl (C=O) groups is 1. The molecular weight excluding hydrogens is 454 g/mol. The third-order valence-electron chi connectivity index (χ3n) is 5.95. The number of likely N-dealkylation sites (N-methyl/N-ethyl adjacent to an activating group) is 1. The molecular formula is C26H28ClN3O2S. The average molecular weight is 482 g/mol. The second kappa shape index (κ2) is 10.5. The van der Waals surface area contributed by atoms with Crippen LogP contribution in [0.5, 0.6) is 5.75 Å². The summed E-state index contributed by atoms with van der Waals surface area (Å²) >= 11 is 7.89. The lowest BCUT2D eigenvalue weighted by Crippen LogP contribution is -2.39. The Bertz CT molecular complexity index is 1260. The number of rotatable bonds is 9. The standard InChI is InChI=1S/C26H28ClN3O2S/c1-4-29(5-2)15-16-30(26-28-24-22(32-3)14-13-21(27)25(24)33-26)23(31)17-19-11-8-10-18-9-6-7-12-20(18)19/h6-14H,4-5,15-17H2,1-3H3. The minimum atomic E-state index is 0.0210. The first-order valence-electron chi connectivity index (χ1n) is 11.2. The number of hydrogen-bond donors (Lipinski definition) is 0. The van der Waals surface area contributed by atoms with E-state index in [0.717, 1.165) is 40.7 Å². The molecule has 3 aromatic carbocycles. The second-order valence-electron chi connectivity index (χ2n) is 7.81. The van der Waals surface area contributed by atoms with Gasteiger partial charge in [-0.1, -0.05) is 79.2 Å². The van der Waals surface area contributed by atoms with E-state index in [1.54, 1.807) is 12.0 Å². The van der Waals surface area contributed by atoms with Crippen LogP contribution in [0, 0.1) is 0 Å². The van der Waals surface area contributed by atoms with E-state index in [0.29, 0.717) is 34.4 Å². The summed E-state index contributed by atoms with van der Waals surface area (Å²) in [6.45, 7) is 7.46. The molecule has 0 unspecified atom stereocenters. The number of aromatic nitrogens is 1. The first-order chi connectivity index (χ1) is 16.0. The Morgan fingerprint density at radius 1 is 1.03 bits per heavy atom. The van der Waals surface area contributed by atoms with Crippen molar-refractivity contribution < 1.29 is 9.53 Å². The Morgan fingerprint density at radius 2 is 1.79 bits per heavy atom. The second-order valence-corrected chi connectivity index (χ2v) is 9.20. The van der Waals surface area contributed by atoms with Crippen LogP contribution in [0.3, 0.4) is 0 Å². The number of fused-ring (bicyclic) bond motifs is 2. The maximum atomic E-state index is 13.7. The summed E-state index contributed by atoms with van der Waals surface area (Å²) in [5, 5.41) is 3.49. The molecule has 7 heteroatoms. The normalized spacial score (nSPS) is 11.4. The molecule has 0 aliphatic carbocycles. The van der Waals surface area contributed by atoms with Gasteiger partial charge in [-0.15, -0.1) is 0 Å². The minimum Gasteiger partial charge on any atom is -0.494 e. The molecule has 0 saturated carbocycles. The Balaban J connectivity index is 1.71. The molecule has 0 radical (unpaired) electrons. The number of anilines is 1. The highest BCUT2D eigenvalue weighted by Gasteiger charge is 2.23. The van der Waals surface area contributed by atoms with Gasteiger partial charge in [0.2, 0.25) is 5.91 Å². The van der Waals surface area contributed by atoms with Crippen LogP contribution in [0.4, 0.5) is 5.13 Å². The SMILES string of the molecule is CCN(CC)CCN(C(=O)Cc1cccc2ccccc12)c1nc2c(OC)ccc(Cl)c2s1. The zero-order valence-corrected chi connectivity index (χ0v) is 20.7. The summed E-state index contributed by atoms with van der Waals surface area (Å²) in [6, 6.07) is 17.9. The van der Waals surface area contributed by atoms with Crippen LogP contribution in [-0.2, 0) is 11.2 Å². The zero-order valence-electron chi connectivity index (χ0n) is 19.2. The fraction of sp³-hybridized carbons (Fsp3) is 0.308. The van der Waals surface area contributed by atoms with Crippen molar-refractivity contribution in [3.05, 3.63) is 65.2 Å². The van der Waals surface area contributed by atoms with Gasteiger partial charge in [0.1, 0.15) is 11.3 Å². The Hall–Kier alpha value is -2.67. The van der Waals surface area contributed by atoms with E-state index in [9.17, 15) is 4.79 Å². The number of amides is 1. The van der Waals surface area contributed by atoms with E-state index in [4.69, 9.17) is 21.3 Å². The first-order valence-corrected chi connectivity index (χ1v) is 12.4. The molecule has 0 aliphatic rings. The van der Waals surface area contributed by atoms with E-state index in [-0.39, 0.29) is 5.91 Å². The summed E-state index contributed by atoms with van der Waals surface area (Å²) in [5.74, 6) is 0.676. The van der Waals surface area contributed by atoms with Gasteiger partial charge < -0.3 is 9.64 Å². The van der Waals surface area contributed by atoms with E-state index in [1.807, 2.05) is 36.4 Å². The van der Waals surface area contributed by atoms with Gasteiger partial charge in [-0.3, -0.25) is 9.69 Å². The summed E-state index contributed by atoms with van der Waals surface area (Å²) in [7, 11) is 1.62. The van der Waals surface area contributed by atoms with Gasteiger partial charge in [0, 0.05) is 13.1 Å². The van der Waals surface area contributed by atoms with Crippen molar-refractivity contribution in [2.75, 3.05) is 38.2 Å². The fourth-order valence-corrected chi connectivity index (χ4v) is 5.33. The van der Waals surface area contributed by atoms with Gasteiger partial charge in [-0.2, -0.15) is 0 Å². The van der Waals surface area contributed by atoms with Crippen molar-refractivity contribution in [2.24, 2.45) is 0 Å². The number of ether oxygens (including phenoxy) is 1. The number of thiazole rings is 1. The van der Waals surface area contributed by atoms with E-state index in [2.05, 4.69) is 36.9 Å². The predicted molar refractivity (Wildman–Crippen MR) is 139 cm³/mol. The highest BCUT2D eigenvalue weighted by atomic mass is 35.5. The molecule has 0 N–H and O–H groups in total. The van der Waals surface area contributed by atoms with E-state index in [1.165, 1.54) is 11.3 Å². The number of nitrogens with zero attached hydrogens (tertiary/aromatic N) is 3. The molecule has 0 aliphatic heterocycles. The van der Waals surface area contributed by atoms with Crippen LogP contribution in [0.15, 0.2) is 54.6 Å². The predicted octanol–water partition coefficient (Wildman–Crippen LogP) is 6.03. The lowest BCUT2D eigenvalue weighted by Gasteiger charge is -2.25. The molecule has 4 rings (SSSR count). The van der Waals surface area contributed by atoms with Crippen LogP contribution in [0.1, 0.15) is 19.4 Å². The molecule has 33 heavy (non-hydrogen) atoms. The van der Waals surface area contributed by atoms with Gasteiger partial charge in [-0.25, -0.2) is 4.98 Å². The van der Waals surface area contributed by atoms with Crippen molar-refractivity contribution in [1.82, 2.24) is 9.88 Å². The number of halogens is 1. The summed E-state index contributed by atoms with van der Waals surface area (Å²) in [4.78, 5) is 22.6. The van der Waals surface area contributed by atoms with Crippen LogP contribution in [0.25, 0.3) is 21.0 Å². The number of methoxy groups -OCH3 is 1. The maximum absolute atomic E-state index is 13.7. The van der Waals surface area contributed by atoms with Gasteiger partial charge in [0.05, 0.1) is 23.3 Å². The highest BCUT2D eigenvalue weighted by Crippen LogP contribution is 2.39. The fourth-order valence-electron chi connectivity index (χ4n) is 4.03. The van der Waals surface area contributed by atoms with Crippen LogP contribution < -0.4 is 9.64 Å². The topological polar surface area (TPSA) is 45.7 Å². The molecule has 172 valence electrons. The van der Waals surface area contributed by atoms with Gasteiger partial charge >= 0.3 is 0 Å². The van der Waals surface area contributed by atoms with Crippen LogP contribution >= 0.6 is 22.9 Å². The first kappa shape index (κ1) is 23.5. The van der Waals surface area contributed by atoms with Crippen LogP contribution in [-0.4, -0.2) is 49.1 Å². The molecule has 5 nitrogen and oxygen atoms in total. The van der Waals surface area contributed by atoms with Gasteiger partial charge in [0.25, 0.3) is 0 Å². The summed E-state index contributed by atoms with van der Waals surface area (Å²) in [6.07, 6.45) is 0.306. The van der Waals surface area contributed by atoms with Crippen molar-refractivity contribution >= 4 is 55.0 Å². The van der Waals surface area contributed by atoms with Crippen molar-refractivity contribution in [3.8, 4) is 5.75 Å². The third-order valence-corrected chi connectivity index (χ3v) is 7.49. The monoisotopic (exact) mass is 481 g/mol. The Kier molecular flexibility index (Phi) is 7.48. The van der Waals surface area contributed by atoms with Crippen molar-refractivity contribution in [2.45, 2.75) is 20.3 Å². The maximum Gasteiger partial charge on any atom is 0.233 e. The number of benzene rings is 3. The third kappa shape index (κ3) is 4.98. The highest BCUT2D eigenvalue weighted by molar-refractivity contribution is 7.23. The lowest BCUT2D eigenvalue weighted by atomic mass is 10.0. The number of carbonyl (C=O) groups excluding carboxylic acids is 1. The quantitative estimate of drug-likeness (QED) is 0.293. The average Bonchev–Trinajstić information content (AvgIpc) is 3.28. The van der Waals surface area contributed by atoms with E-state index < -0.39 is 0 Å². The van der Waals surface area contributed by atoms with E-state index >= 15 is 0 Å². The van der Waals surface area contributed by atoms with Crippen molar-refractivity contribution in [1.29, 1.82) is 0 Å². The zero-order chi connectivity index (χ0) is 23.4. The van der Waals surface area contributed by atoms with Crippen LogP contribution in [0.2, 0.25) is 5.02 Å². The molecule has 0 fully saturated rings. The summed E-state index contributed by atoms with van der Waals surface area (Å²) in [5.41, 5.74) is 1.71. The molecule has 1 aromatic heterocycles. The number of hydrogen-bond acceptors (Lipinski definition) is 5. The molecule has 1 heterocycles. The smallest absolute Gasteiger partial charge is 0.233 e. The Labute approximate surface area is 203 Å².